The normalized spacial score (nSPS) is 37.2. The molecule has 5 N–H and O–H groups in total. The molecule has 24 heteroatoms. The molecule has 7 rings (SSSR count). The lowest BCUT2D eigenvalue weighted by atomic mass is 10.1. The minimum atomic E-state index is -5.21. The third-order valence-electron chi connectivity index (χ3n) is 7.68. The topological polar surface area (TPSA) is 260 Å². The number of alkyl halides is 1. The van der Waals surface area contributed by atoms with Crippen molar-refractivity contribution in [3.63, 3.8) is 0 Å². The number of fused-ring (bicyclic) bond motifs is 5. The van der Waals surface area contributed by atoms with Crippen molar-refractivity contribution in [3.8, 4) is 0 Å². The van der Waals surface area contributed by atoms with Crippen LogP contribution in [0.3, 0.4) is 0 Å². The van der Waals surface area contributed by atoms with Crippen molar-refractivity contribution in [2.45, 2.75) is 49.1 Å². The number of hydrogen-bond donors (Lipinski definition) is 4. The molecule has 4 unspecified atom stereocenters. The fraction of sp³-hybridized carbons (Fsp3) is 0.500. The Labute approximate surface area is 254 Å². The maximum Gasteiger partial charge on any atom is 0.472 e. The number of ether oxygens (including phenoxy) is 2. The van der Waals surface area contributed by atoms with E-state index in [1.165, 1.54) is 7.05 Å². The minimum absolute atomic E-state index is 0.0165. The number of halogens is 2. The van der Waals surface area contributed by atoms with E-state index in [1.807, 2.05) is 0 Å². The Morgan fingerprint density at radius 2 is 1.61 bits per heavy atom. The summed E-state index contributed by atoms with van der Waals surface area (Å²) in [5.74, 6) is -1.04. The number of phosphoric ester groups is 2. The molecule has 3 aliphatic heterocycles. The van der Waals surface area contributed by atoms with Crippen molar-refractivity contribution in [2.24, 2.45) is 7.05 Å². The van der Waals surface area contributed by atoms with Gasteiger partial charge in [-0.2, -0.15) is 0 Å². The van der Waals surface area contributed by atoms with Crippen LogP contribution in [0.25, 0.3) is 22.2 Å². The molecule has 4 aromatic rings. The van der Waals surface area contributed by atoms with Crippen LogP contribution in [-0.2, 0) is 43.7 Å². The van der Waals surface area contributed by atoms with Gasteiger partial charge in [0.2, 0.25) is 0 Å². The first-order valence-electron chi connectivity index (χ1n) is 13.3. The van der Waals surface area contributed by atoms with Crippen LogP contribution >= 0.6 is 15.6 Å². The molecule has 3 aliphatic rings. The van der Waals surface area contributed by atoms with E-state index in [0.717, 1.165) is 38.9 Å². The summed E-state index contributed by atoms with van der Waals surface area (Å²) in [6.07, 6.45) is -10.1. The van der Waals surface area contributed by atoms with Crippen LogP contribution in [0.15, 0.2) is 30.0 Å². The van der Waals surface area contributed by atoms with Crippen LogP contribution < -0.4 is 11.3 Å². The molecule has 0 aliphatic carbocycles. The van der Waals surface area contributed by atoms with Crippen molar-refractivity contribution in [2.75, 3.05) is 18.9 Å². The van der Waals surface area contributed by atoms with Gasteiger partial charge in [0.25, 0.3) is 5.56 Å². The molecule has 0 saturated carbocycles. The third-order valence-corrected chi connectivity index (χ3v) is 9.65. The number of aliphatic hydroxyl groups is 1. The SMILES string of the molecule is Cn1cnc2c(c(F)cn2[C@@H]2OC3COP(=O)(O)O[C@@H]4C(COP(=O)(O)O[C@@H]2[C@@H]3O)O[C@@H](n2cnc3c(N)ncnc32)[C@@H]4F)c1=O. The monoisotopic (exact) mass is 692 g/mol. The van der Waals surface area contributed by atoms with Crippen molar-refractivity contribution in [1.82, 2.24) is 33.6 Å². The molecule has 20 nitrogen and oxygen atoms in total. The van der Waals surface area contributed by atoms with Gasteiger partial charge in [-0.3, -0.25) is 27.5 Å². The molecule has 248 valence electrons. The smallest absolute Gasteiger partial charge is 0.387 e. The number of imidazole rings is 1. The predicted molar refractivity (Wildman–Crippen MR) is 145 cm³/mol. The molecular formula is C22H24F2N8O12P2. The molecule has 46 heavy (non-hydrogen) atoms. The van der Waals surface area contributed by atoms with E-state index in [0.29, 0.717) is 0 Å². The van der Waals surface area contributed by atoms with Gasteiger partial charge >= 0.3 is 15.6 Å². The second-order valence-electron chi connectivity index (χ2n) is 10.6. The number of rotatable bonds is 2. The number of hydrogen-bond acceptors (Lipinski definition) is 15. The molecule has 3 fully saturated rings. The zero-order chi connectivity index (χ0) is 32.7. The number of nitrogens with zero attached hydrogens (tertiary/aromatic N) is 7. The molecule has 0 amide bonds. The summed E-state index contributed by atoms with van der Waals surface area (Å²) in [5.41, 5.74) is 4.93. The summed E-state index contributed by atoms with van der Waals surface area (Å²) in [6, 6.07) is 0. The highest BCUT2D eigenvalue weighted by molar-refractivity contribution is 7.47. The zero-order valence-corrected chi connectivity index (χ0v) is 25.0. The molecular weight excluding hydrogens is 668 g/mol. The molecule has 0 radical (unpaired) electrons. The van der Waals surface area contributed by atoms with E-state index in [1.54, 1.807) is 0 Å². The molecule has 10 atom stereocenters. The number of nitrogen functional groups attached to an aromatic ring is 1. The van der Waals surface area contributed by atoms with Gasteiger partial charge in [-0.1, -0.05) is 0 Å². The van der Waals surface area contributed by atoms with Crippen LogP contribution in [0.4, 0.5) is 14.6 Å². The first-order valence-corrected chi connectivity index (χ1v) is 16.3. The summed E-state index contributed by atoms with van der Waals surface area (Å²) in [7, 11) is -9.05. The van der Waals surface area contributed by atoms with Crippen molar-refractivity contribution in [3.05, 3.63) is 41.3 Å². The number of aliphatic hydroxyl groups excluding tert-OH is 1. The van der Waals surface area contributed by atoms with Gasteiger partial charge in [-0.05, 0) is 0 Å². The quantitative estimate of drug-likeness (QED) is 0.198. The largest absolute Gasteiger partial charge is 0.472 e. The first-order chi connectivity index (χ1) is 21.7. The van der Waals surface area contributed by atoms with Crippen LogP contribution in [0, 0.1) is 5.82 Å². The van der Waals surface area contributed by atoms with Gasteiger partial charge in [-0.15, -0.1) is 0 Å². The van der Waals surface area contributed by atoms with Crippen LogP contribution in [0.5, 0.6) is 0 Å². The van der Waals surface area contributed by atoms with Crippen molar-refractivity contribution in [1.29, 1.82) is 0 Å². The second kappa shape index (κ2) is 11.2. The van der Waals surface area contributed by atoms with E-state index in [2.05, 4.69) is 19.9 Å². The Morgan fingerprint density at radius 3 is 2.35 bits per heavy atom. The summed E-state index contributed by atoms with van der Waals surface area (Å²) < 4.78 is 92.0. The molecule has 0 aromatic carbocycles. The highest BCUT2D eigenvalue weighted by Gasteiger charge is 2.54. The Hall–Kier alpha value is -3.27. The fourth-order valence-electron chi connectivity index (χ4n) is 5.51. The summed E-state index contributed by atoms with van der Waals surface area (Å²) in [6.45, 7) is -1.85. The maximum absolute atomic E-state index is 15.9. The number of nitrogens with two attached hydrogens (primary N) is 1. The summed E-state index contributed by atoms with van der Waals surface area (Å²) in [4.78, 5) is 49.6. The molecule has 3 saturated heterocycles. The second-order valence-corrected chi connectivity index (χ2v) is 13.4. The maximum atomic E-state index is 15.9. The van der Waals surface area contributed by atoms with E-state index in [4.69, 9.17) is 33.3 Å². The van der Waals surface area contributed by atoms with E-state index in [9.17, 15) is 33.2 Å². The van der Waals surface area contributed by atoms with Crippen molar-refractivity contribution >= 4 is 43.7 Å². The number of aromatic nitrogens is 7. The Bertz CT molecular complexity index is 1990. The average molecular weight is 692 g/mol. The Morgan fingerprint density at radius 1 is 0.935 bits per heavy atom. The lowest BCUT2D eigenvalue weighted by Gasteiger charge is -2.25. The summed E-state index contributed by atoms with van der Waals surface area (Å²) >= 11 is 0. The average Bonchev–Trinajstić information content (AvgIpc) is 3.73. The highest BCUT2D eigenvalue weighted by Crippen LogP contribution is 2.54. The zero-order valence-electron chi connectivity index (χ0n) is 23.2. The van der Waals surface area contributed by atoms with Crippen molar-refractivity contribution < 1.29 is 60.4 Å². The number of aryl methyl sites for hydroxylation is 1. The Kier molecular flexibility index (Phi) is 7.61. The molecule has 2 bridgehead atoms. The number of phosphoric acid groups is 2. The van der Waals surface area contributed by atoms with Gasteiger partial charge in [0.15, 0.2) is 41.6 Å². The Balaban J connectivity index is 1.21. The van der Waals surface area contributed by atoms with Gasteiger partial charge < -0.3 is 39.2 Å². The van der Waals surface area contributed by atoms with Crippen LogP contribution in [0.2, 0.25) is 0 Å². The minimum Gasteiger partial charge on any atom is -0.387 e. The lowest BCUT2D eigenvalue weighted by molar-refractivity contribution is -0.0670. The van der Waals surface area contributed by atoms with Gasteiger partial charge in [0.1, 0.15) is 47.8 Å². The van der Waals surface area contributed by atoms with Gasteiger partial charge in [0.05, 0.1) is 25.9 Å². The highest BCUT2D eigenvalue weighted by atomic mass is 31.2. The standard InChI is InChI=1S/C22H24F2N8O12P2/c1-30-6-29-18-11(20(30)34)8(23)2-31(18)22-16-14(33)9(41-22)3-39-45(35,36)43-15-10(4-40-46(37,38)44-16)42-21(12(15)24)32-7-28-13-17(25)26-5-27-19(13)32/h2,5-7,9-10,12,14-16,21-22,33H,3-4H2,1H3,(H,35,36)(H,37,38)(H2,25,26,27)/t9?,10?,12-,14-,15-,16-,21-,22-/m1/s1. The van der Waals surface area contributed by atoms with E-state index in [-0.39, 0.29) is 22.6 Å². The van der Waals surface area contributed by atoms with Gasteiger partial charge in [0, 0.05) is 13.2 Å². The predicted octanol–water partition coefficient (Wildman–Crippen LogP) is -0.192. The van der Waals surface area contributed by atoms with Crippen LogP contribution in [-0.4, -0.2) is 98.4 Å². The van der Waals surface area contributed by atoms with Crippen LogP contribution in [0.1, 0.15) is 12.5 Å². The first kappa shape index (κ1) is 31.3. The van der Waals surface area contributed by atoms with Gasteiger partial charge in [-0.25, -0.2) is 37.8 Å². The van der Waals surface area contributed by atoms with E-state index >= 15 is 4.39 Å². The number of anilines is 1. The summed E-state index contributed by atoms with van der Waals surface area (Å²) in [5, 5.41) is 10.5. The fourth-order valence-corrected chi connectivity index (χ4v) is 7.40. The lowest BCUT2D eigenvalue weighted by Crippen LogP contribution is -2.35. The third kappa shape index (κ3) is 5.24. The molecule has 0 spiro atoms. The molecule has 4 aromatic heterocycles. The van der Waals surface area contributed by atoms with E-state index < -0.39 is 94.8 Å². The molecule has 7 heterocycles.